The summed E-state index contributed by atoms with van der Waals surface area (Å²) in [7, 11) is -2.40. The molecule has 29 heavy (non-hydrogen) atoms. The number of fused-ring (bicyclic) bond motifs is 1. The molecule has 3 heterocycles. The molecule has 8 nitrogen and oxygen atoms in total. The van der Waals surface area contributed by atoms with E-state index >= 15 is 0 Å². The molecule has 154 valence electrons. The monoisotopic (exact) mass is 429 g/mol. The van der Waals surface area contributed by atoms with E-state index in [1.807, 2.05) is 0 Å². The molecule has 1 aromatic carbocycles. The summed E-state index contributed by atoms with van der Waals surface area (Å²) in [6, 6.07) is 5.64. The van der Waals surface area contributed by atoms with E-state index in [4.69, 9.17) is 9.15 Å². The van der Waals surface area contributed by atoms with Gasteiger partial charge in [0, 0.05) is 19.3 Å². The smallest absolute Gasteiger partial charge is 0.419 e. The molecule has 12 heteroatoms. The third-order valence-electron chi connectivity index (χ3n) is 4.56. The number of aromatic nitrogens is 2. The first-order chi connectivity index (χ1) is 13.6. The number of sulfonamides is 1. The van der Waals surface area contributed by atoms with Gasteiger partial charge in [0.1, 0.15) is 6.10 Å². The van der Waals surface area contributed by atoms with E-state index in [0.717, 1.165) is 22.6 Å². The number of nitrogens with zero attached hydrogens (tertiary/aromatic N) is 3. The van der Waals surface area contributed by atoms with E-state index in [9.17, 15) is 26.4 Å². The molecule has 0 aliphatic carbocycles. The van der Waals surface area contributed by atoms with Crippen molar-refractivity contribution in [2.45, 2.75) is 17.2 Å². The van der Waals surface area contributed by atoms with Gasteiger partial charge in [-0.05, 0) is 24.3 Å². The van der Waals surface area contributed by atoms with Crippen LogP contribution in [0.3, 0.4) is 0 Å². The second kappa shape index (κ2) is 6.59. The minimum Gasteiger partial charge on any atom is -0.472 e. The van der Waals surface area contributed by atoms with Gasteiger partial charge >= 0.3 is 11.9 Å². The van der Waals surface area contributed by atoms with Gasteiger partial charge in [0.15, 0.2) is 5.58 Å². The second-order valence-corrected chi connectivity index (χ2v) is 8.44. The Bertz CT molecular complexity index is 1240. The quantitative estimate of drug-likeness (QED) is 0.630. The molecule has 2 aromatic heterocycles. The minimum atomic E-state index is -4.53. The molecule has 4 rings (SSSR count). The van der Waals surface area contributed by atoms with Crippen molar-refractivity contribution in [1.82, 2.24) is 13.9 Å². The Morgan fingerprint density at radius 2 is 1.93 bits per heavy atom. The Hall–Kier alpha value is -2.86. The number of hydrogen-bond donors (Lipinski definition) is 0. The van der Waals surface area contributed by atoms with E-state index in [1.54, 1.807) is 0 Å². The number of rotatable bonds is 4. The average molecular weight is 429 g/mol. The van der Waals surface area contributed by atoms with Gasteiger partial charge in [0.2, 0.25) is 15.9 Å². The first-order valence-corrected chi connectivity index (χ1v) is 9.79. The van der Waals surface area contributed by atoms with Gasteiger partial charge in [0.25, 0.3) is 0 Å². The maximum absolute atomic E-state index is 12.7. The van der Waals surface area contributed by atoms with E-state index in [0.29, 0.717) is 5.52 Å². The summed E-state index contributed by atoms with van der Waals surface area (Å²) < 4.78 is 76.4. The predicted octanol–water partition coefficient (Wildman–Crippen LogP) is 2.00. The number of pyridine rings is 1. The van der Waals surface area contributed by atoms with Gasteiger partial charge in [-0.25, -0.2) is 18.2 Å². The zero-order valence-corrected chi connectivity index (χ0v) is 15.7. The van der Waals surface area contributed by atoms with Crippen molar-refractivity contribution in [3.05, 3.63) is 52.6 Å². The van der Waals surface area contributed by atoms with Crippen LogP contribution in [0.4, 0.5) is 13.2 Å². The maximum atomic E-state index is 12.7. The van der Waals surface area contributed by atoms with Crippen molar-refractivity contribution in [1.29, 1.82) is 0 Å². The van der Waals surface area contributed by atoms with E-state index in [1.165, 1.54) is 29.8 Å². The predicted molar refractivity (Wildman–Crippen MR) is 93.9 cm³/mol. The Morgan fingerprint density at radius 3 is 2.62 bits per heavy atom. The Labute approximate surface area is 162 Å². The van der Waals surface area contributed by atoms with Crippen LogP contribution in [0.25, 0.3) is 11.1 Å². The average Bonchev–Trinajstić information content (AvgIpc) is 2.91. The van der Waals surface area contributed by atoms with Crippen molar-refractivity contribution in [3.8, 4) is 5.88 Å². The molecule has 0 N–H and O–H groups in total. The summed E-state index contributed by atoms with van der Waals surface area (Å²) >= 11 is 0. The third-order valence-corrected chi connectivity index (χ3v) is 6.39. The summed E-state index contributed by atoms with van der Waals surface area (Å²) in [6.45, 7) is -0.0781. The molecule has 1 aliphatic rings. The van der Waals surface area contributed by atoms with Crippen LogP contribution in [0.1, 0.15) is 5.56 Å². The minimum absolute atomic E-state index is 0.0305. The van der Waals surface area contributed by atoms with E-state index in [2.05, 4.69) is 4.98 Å². The molecule has 0 spiro atoms. The Balaban J connectivity index is 1.48. The fraction of sp³-hybridized carbons (Fsp3) is 0.294. The highest BCUT2D eigenvalue weighted by Gasteiger charge is 2.39. The fourth-order valence-corrected chi connectivity index (χ4v) is 4.43. The molecule has 0 atom stereocenters. The molecule has 0 amide bonds. The van der Waals surface area contributed by atoms with Crippen LogP contribution in [0.5, 0.6) is 5.88 Å². The first-order valence-electron chi connectivity index (χ1n) is 8.35. The van der Waals surface area contributed by atoms with Gasteiger partial charge in [-0.2, -0.15) is 17.5 Å². The summed E-state index contributed by atoms with van der Waals surface area (Å²) in [5.41, 5.74) is -0.306. The van der Waals surface area contributed by atoms with Gasteiger partial charge in [-0.1, -0.05) is 0 Å². The Kier molecular flexibility index (Phi) is 4.42. The topological polar surface area (TPSA) is 94.6 Å². The van der Waals surface area contributed by atoms with Gasteiger partial charge in [-0.3, -0.25) is 4.57 Å². The number of ether oxygens (including phenoxy) is 1. The van der Waals surface area contributed by atoms with Crippen LogP contribution in [-0.2, 0) is 23.2 Å². The van der Waals surface area contributed by atoms with Crippen molar-refractivity contribution in [2.24, 2.45) is 7.05 Å². The first kappa shape index (κ1) is 19.5. The lowest BCUT2D eigenvalue weighted by molar-refractivity contribution is -0.137. The number of halogens is 3. The Morgan fingerprint density at radius 1 is 1.21 bits per heavy atom. The fourth-order valence-electron chi connectivity index (χ4n) is 2.91. The molecule has 1 aliphatic heterocycles. The lowest BCUT2D eigenvalue weighted by Gasteiger charge is -2.37. The third kappa shape index (κ3) is 3.49. The second-order valence-electron chi connectivity index (χ2n) is 6.50. The summed E-state index contributed by atoms with van der Waals surface area (Å²) in [5.74, 6) is -0.836. The number of aryl methyl sites for hydroxylation is 1. The lowest BCUT2D eigenvalue weighted by atomic mass is 10.2. The van der Waals surface area contributed by atoms with Gasteiger partial charge < -0.3 is 9.15 Å². The molecule has 0 radical (unpaired) electrons. The molecule has 0 saturated carbocycles. The largest absolute Gasteiger partial charge is 0.472 e. The molecule has 0 unspecified atom stereocenters. The summed E-state index contributed by atoms with van der Waals surface area (Å²) in [5, 5.41) is 0. The standard InChI is InChI=1S/C17H14F3N3O5S/c1-22-13-7-12(2-3-14(13)28-16(22)24)29(25,26)23-8-11(9-23)27-15-6-10(4-5-21-15)17(18,19)20/h2-7,11H,8-9H2,1H3. The van der Waals surface area contributed by atoms with Crippen LogP contribution in [-0.4, -0.2) is 41.5 Å². The highest BCUT2D eigenvalue weighted by Crippen LogP contribution is 2.31. The van der Waals surface area contributed by atoms with Crippen LogP contribution in [0.2, 0.25) is 0 Å². The normalized spacial score (nSPS) is 16.1. The van der Waals surface area contributed by atoms with E-state index in [-0.39, 0.29) is 29.4 Å². The van der Waals surface area contributed by atoms with Gasteiger partial charge in [0.05, 0.1) is 29.1 Å². The van der Waals surface area contributed by atoms with Crippen molar-refractivity contribution >= 4 is 21.1 Å². The van der Waals surface area contributed by atoms with Crippen LogP contribution < -0.4 is 10.5 Å². The molecule has 3 aromatic rings. The van der Waals surface area contributed by atoms with Crippen LogP contribution >= 0.6 is 0 Å². The SMILES string of the molecule is Cn1c(=O)oc2ccc(S(=O)(=O)N3CC(Oc4cc(C(F)(F)F)ccn4)C3)cc21. The van der Waals surface area contributed by atoms with Crippen molar-refractivity contribution in [3.63, 3.8) is 0 Å². The number of hydrogen-bond acceptors (Lipinski definition) is 6. The zero-order valence-electron chi connectivity index (χ0n) is 14.9. The lowest BCUT2D eigenvalue weighted by Crippen LogP contribution is -2.56. The molecular weight excluding hydrogens is 415 g/mol. The summed E-state index contributed by atoms with van der Waals surface area (Å²) in [6.07, 6.45) is -4.17. The number of benzene rings is 1. The summed E-state index contributed by atoms with van der Waals surface area (Å²) in [4.78, 5) is 15.2. The van der Waals surface area contributed by atoms with Crippen molar-refractivity contribution in [2.75, 3.05) is 13.1 Å². The highest BCUT2D eigenvalue weighted by molar-refractivity contribution is 7.89. The maximum Gasteiger partial charge on any atom is 0.419 e. The molecule has 1 saturated heterocycles. The molecule has 1 fully saturated rings. The number of oxazole rings is 1. The van der Waals surface area contributed by atoms with Crippen LogP contribution in [0.15, 0.2) is 50.6 Å². The molecular formula is C17H14F3N3O5S. The molecule has 0 bridgehead atoms. The zero-order chi connectivity index (χ0) is 21.0. The van der Waals surface area contributed by atoms with E-state index < -0.39 is 33.6 Å². The van der Waals surface area contributed by atoms with Gasteiger partial charge in [-0.15, -0.1) is 0 Å². The van der Waals surface area contributed by atoms with Crippen molar-refractivity contribution < 1.29 is 30.7 Å². The number of alkyl halides is 3. The van der Waals surface area contributed by atoms with Crippen LogP contribution in [0, 0.1) is 0 Å². The highest BCUT2D eigenvalue weighted by atomic mass is 32.2.